The number of furan rings is 1. The minimum absolute atomic E-state index is 0.0508. The molecule has 0 aliphatic carbocycles. The molecule has 1 aliphatic rings. The van der Waals surface area contributed by atoms with E-state index in [9.17, 15) is 24.5 Å². The van der Waals surface area contributed by atoms with Gasteiger partial charge in [0.1, 0.15) is 5.76 Å². The maximum atomic E-state index is 12.4. The van der Waals surface area contributed by atoms with Crippen molar-refractivity contribution in [1.29, 1.82) is 0 Å². The smallest absolute Gasteiger partial charge is 0.374 e. The highest BCUT2D eigenvalue weighted by Crippen LogP contribution is 2.25. The number of benzene rings is 1. The zero-order valence-electron chi connectivity index (χ0n) is 17.3. The summed E-state index contributed by atoms with van der Waals surface area (Å²) in [4.78, 5) is 51.2. The number of nitro benzene ring substituents is 1. The second-order valence-corrected chi connectivity index (χ2v) is 8.14. The van der Waals surface area contributed by atoms with Crippen LogP contribution in [0.25, 0.3) is 11.3 Å². The van der Waals surface area contributed by atoms with Gasteiger partial charge in [0.25, 0.3) is 17.5 Å². The third-order valence-electron chi connectivity index (χ3n) is 5.15. The number of ether oxygens (including phenoxy) is 1. The molecule has 0 atom stereocenters. The zero-order valence-corrected chi connectivity index (χ0v) is 18.2. The van der Waals surface area contributed by atoms with Crippen LogP contribution < -0.4 is 0 Å². The van der Waals surface area contributed by atoms with E-state index in [1.165, 1.54) is 41.7 Å². The highest BCUT2D eigenvalue weighted by molar-refractivity contribution is 7.12. The Labute approximate surface area is 192 Å². The summed E-state index contributed by atoms with van der Waals surface area (Å²) in [5, 5.41) is 12.6. The Kier molecular flexibility index (Phi) is 6.50. The number of rotatable bonds is 6. The summed E-state index contributed by atoms with van der Waals surface area (Å²) in [6, 6.07) is 12.2. The maximum Gasteiger partial charge on any atom is 0.374 e. The van der Waals surface area contributed by atoms with Gasteiger partial charge in [-0.25, -0.2) is 4.79 Å². The van der Waals surface area contributed by atoms with E-state index in [0.717, 1.165) is 0 Å². The third-order valence-corrected chi connectivity index (χ3v) is 6.01. The fourth-order valence-electron chi connectivity index (χ4n) is 3.35. The van der Waals surface area contributed by atoms with E-state index in [1.807, 2.05) is 11.4 Å². The normalized spacial score (nSPS) is 13.6. The summed E-state index contributed by atoms with van der Waals surface area (Å²) in [5.41, 5.74) is 0.505. The SMILES string of the molecule is O=C(OCC(=O)N1CCN(C(=O)c2cccs2)CC1)c1ccc(-c2ccc([N+](=O)[O-])cc2)o1. The molecule has 2 aromatic heterocycles. The molecule has 3 aromatic rings. The fraction of sp³-hybridized carbons (Fsp3) is 0.227. The van der Waals surface area contributed by atoms with Crippen molar-refractivity contribution in [2.45, 2.75) is 0 Å². The first-order valence-corrected chi connectivity index (χ1v) is 10.9. The molecule has 0 saturated carbocycles. The second-order valence-electron chi connectivity index (χ2n) is 7.19. The van der Waals surface area contributed by atoms with Gasteiger partial charge in [0, 0.05) is 43.9 Å². The van der Waals surface area contributed by atoms with E-state index in [-0.39, 0.29) is 23.3 Å². The quantitative estimate of drug-likeness (QED) is 0.309. The van der Waals surface area contributed by atoms with Crippen molar-refractivity contribution in [2.24, 2.45) is 0 Å². The summed E-state index contributed by atoms with van der Waals surface area (Å²) < 4.78 is 10.6. The van der Waals surface area contributed by atoms with E-state index in [0.29, 0.717) is 42.4 Å². The lowest BCUT2D eigenvalue weighted by molar-refractivity contribution is -0.384. The summed E-state index contributed by atoms with van der Waals surface area (Å²) in [7, 11) is 0. The van der Waals surface area contributed by atoms with E-state index in [2.05, 4.69) is 0 Å². The van der Waals surface area contributed by atoms with Gasteiger partial charge in [-0.05, 0) is 35.7 Å². The zero-order chi connectivity index (χ0) is 23.4. The second kappa shape index (κ2) is 9.65. The average molecular weight is 469 g/mol. The van der Waals surface area contributed by atoms with Gasteiger partial charge in [0.15, 0.2) is 6.61 Å². The highest BCUT2D eigenvalue weighted by atomic mass is 32.1. The molecular formula is C22H19N3O7S. The van der Waals surface area contributed by atoms with Gasteiger partial charge >= 0.3 is 5.97 Å². The molecule has 4 rings (SSSR count). The number of non-ortho nitro benzene ring substituents is 1. The summed E-state index contributed by atoms with van der Waals surface area (Å²) in [6.45, 7) is 1.10. The van der Waals surface area contributed by atoms with Crippen LogP contribution in [0, 0.1) is 10.1 Å². The lowest BCUT2D eigenvalue weighted by Crippen LogP contribution is -2.51. The third kappa shape index (κ3) is 5.09. The minimum Gasteiger partial charge on any atom is -0.450 e. The van der Waals surface area contributed by atoms with Gasteiger partial charge in [0.2, 0.25) is 5.76 Å². The largest absolute Gasteiger partial charge is 0.450 e. The fourth-order valence-corrected chi connectivity index (χ4v) is 4.05. The Morgan fingerprint density at radius 2 is 1.70 bits per heavy atom. The molecule has 33 heavy (non-hydrogen) atoms. The maximum absolute atomic E-state index is 12.4. The number of carbonyl (C=O) groups is 3. The average Bonchev–Trinajstić information content (AvgIpc) is 3.55. The molecule has 1 aromatic carbocycles. The number of nitrogens with zero attached hydrogens (tertiary/aromatic N) is 3. The first-order valence-electron chi connectivity index (χ1n) is 10.0. The van der Waals surface area contributed by atoms with Crippen molar-refractivity contribution < 1.29 is 28.5 Å². The van der Waals surface area contributed by atoms with Crippen LogP contribution in [0.1, 0.15) is 20.2 Å². The molecular weight excluding hydrogens is 450 g/mol. The standard InChI is InChI=1S/C22H19N3O7S/c26-20(23-9-11-24(12-10-23)21(27)19-2-1-13-33-19)14-31-22(28)18-8-7-17(32-18)15-3-5-16(6-4-15)25(29)30/h1-8,13H,9-12,14H2. The number of esters is 1. The molecule has 3 heterocycles. The van der Waals surface area contributed by atoms with Gasteiger partial charge < -0.3 is 19.0 Å². The van der Waals surface area contributed by atoms with Crippen molar-refractivity contribution >= 4 is 34.8 Å². The van der Waals surface area contributed by atoms with Crippen molar-refractivity contribution in [3.8, 4) is 11.3 Å². The van der Waals surface area contributed by atoms with Crippen molar-refractivity contribution in [3.63, 3.8) is 0 Å². The van der Waals surface area contributed by atoms with Gasteiger partial charge in [-0.1, -0.05) is 6.07 Å². The summed E-state index contributed by atoms with van der Waals surface area (Å²) in [5.74, 6) is -0.931. The van der Waals surface area contributed by atoms with Crippen LogP contribution in [-0.2, 0) is 9.53 Å². The predicted molar refractivity (Wildman–Crippen MR) is 118 cm³/mol. The van der Waals surface area contributed by atoms with Crippen molar-refractivity contribution in [1.82, 2.24) is 9.80 Å². The number of amides is 2. The molecule has 1 saturated heterocycles. The molecule has 0 spiro atoms. The van der Waals surface area contributed by atoms with Gasteiger partial charge in [-0.3, -0.25) is 19.7 Å². The van der Waals surface area contributed by atoms with Crippen LogP contribution in [0.4, 0.5) is 5.69 Å². The van der Waals surface area contributed by atoms with Gasteiger partial charge in [-0.2, -0.15) is 0 Å². The van der Waals surface area contributed by atoms with Crippen LogP contribution in [0.2, 0.25) is 0 Å². The van der Waals surface area contributed by atoms with E-state index < -0.39 is 17.5 Å². The van der Waals surface area contributed by atoms with Crippen LogP contribution in [0.5, 0.6) is 0 Å². The molecule has 0 radical (unpaired) electrons. The number of piperazine rings is 1. The minimum atomic E-state index is -0.789. The Bertz CT molecular complexity index is 1160. The van der Waals surface area contributed by atoms with Crippen molar-refractivity contribution in [2.75, 3.05) is 32.8 Å². The molecule has 1 aliphatic heterocycles. The Morgan fingerprint density at radius 1 is 1.00 bits per heavy atom. The molecule has 11 heteroatoms. The lowest BCUT2D eigenvalue weighted by Gasteiger charge is -2.34. The molecule has 0 N–H and O–H groups in total. The topological polar surface area (TPSA) is 123 Å². The van der Waals surface area contributed by atoms with Crippen LogP contribution >= 0.6 is 11.3 Å². The number of nitro groups is 1. The lowest BCUT2D eigenvalue weighted by atomic mass is 10.1. The highest BCUT2D eigenvalue weighted by Gasteiger charge is 2.26. The number of hydrogen-bond donors (Lipinski definition) is 0. The molecule has 0 unspecified atom stereocenters. The molecule has 170 valence electrons. The van der Waals surface area contributed by atoms with E-state index in [1.54, 1.807) is 21.9 Å². The summed E-state index contributed by atoms with van der Waals surface area (Å²) >= 11 is 1.38. The number of thiophene rings is 1. The molecule has 0 bridgehead atoms. The molecule has 2 amide bonds. The number of carbonyl (C=O) groups excluding carboxylic acids is 3. The monoisotopic (exact) mass is 469 g/mol. The Hall–Kier alpha value is -3.99. The predicted octanol–water partition coefficient (Wildman–Crippen LogP) is 3.06. The first-order chi connectivity index (χ1) is 15.9. The van der Waals surface area contributed by atoms with E-state index >= 15 is 0 Å². The van der Waals surface area contributed by atoms with Crippen molar-refractivity contribution in [3.05, 3.63) is 74.7 Å². The Morgan fingerprint density at radius 3 is 2.33 bits per heavy atom. The summed E-state index contributed by atoms with van der Waals surface area (Å²) in [6.07, 6.45) is 0. The van der Waals surface area contributed by atoms with Gasteiger partial charge in [0.05, 0.1) is 9.80 Å². The van der Waals surface area contributed by atoms with Crippen LogP contribution in [0.3, 0.4) is 0 Å². The van der Waals surface area contributed by atoms with Crippen LogP contribution in [0.15, 0.2) is 58.3 Å². The molecule has 1 fully saturated rings. The first kappa shape index (κ1) is 22.2. The van der Waals surface area contributed by atoms with Gasteiger partial charge in [-0.15, -0.1) is 11.3 Å². The number of hydrogen-bond acceptors (Lipinski definition) is 8. The Balaban J connectivity index is 1.26. The molecule has 10 nitrogen and oxygen atoms in total. The van der Waals surface area contributed by atoms with E-state index in [4.69, 9.17) is 9.15 Å². The van der Waals surface area contributed by atoms with Crippen LogP contribution in [-0.4, -0.2) is 65.3 Å².